The Bertz CT molecular complexity index is 610. The summed E-state index contributed by atoms with van der Waals surface area (Å²) in [5.74, 6) is 0.475. The highest BCUT2D eigenvalue weighted by atomic mass is 19.3. The van der Waals surface area contributed by atoms with Crippen LogP contribution >= 0.6 is 0 Å². The molecule has 0 bridgehead atoms. The predicted octanol–water partition coefficient (Wildman–Crippen LogP) is 4.05. The molecule has 110 valence electrons. The molecule has 0 spiro atoms. The Labute approximate surface area is 122 Å². The molecule has 3 rings (SSSR count). The van der Waals surface area contributed by atoms with Crippen molar-refractivity contribution >= 4 is 0 Å². The lowest BCUT2D eigenvalue weighted by Gasteiger charge is -2.31. The highest BCUT2D eigenvalue weighted by molar-refractivity contribution is 5.40. The number of hydrogen-bond acceptors (Lipinski definition) is 2. The van der Waals surface area contributed by atoms with Crippen molar-refractivity contribution in [2.75, 3.05) is 0 Å². The maximum absolute atomic E-state index is 12.1. The van der Waals surface area contributed by atoms with Crippen LogP contribution in [0.1, 0.15) is 35.1 Å². The van der Waals surface area contributed by atoms with Crippen LogP contribution in [0, 0.1) is 0 Å². The monoisotopic (exact) mass is 290 g/mol. The first kappa shape index (κ1) is 14.0. The van der Waals surface area contributed by atoms with E-state index < -0.39 is 12.7 Å². The van der Waals surface area contributed by atoms with Gasteiger partial charge in [-0.15, -0.1) is 0 Å². The molecule has 0 heterocycles. The van der Waals surface area contributed by atoms with Gasteiger partial charge in [0.15, 0.2) is 0 Å². The largest absolute Gasteiger partial charge is 0.435 e. The second kappa shape index (κ2) is 5.82. The van der Waals surface area contributed by atoms with Crippen LogP contribution in [0.3, 0.4) is 0 Å². The molecule has 2 nitrogen and oxygen atoms in total. The molecule has 1 aliphatic rings. The van der Waals surface area contributed by atoms with Crippen LogP contribution in [0.15, 0.2) is 48.5 Å². The Morgan fingerprint density at radius 3 is 2.48 bits per heavy atom. The van der Waals surface area contributed by atoms with Gasteiger partial charge in [-0.05, 0) is 47.6 Å². The van der Waals surface area contributed by atoms with Gasteiger partial charge in [0.25, 0.3) is 0 Å². The van der Waals surface area contributed by atoms with Crippen molar-refractivity contribution in [2.45, 2.75) is 31.5 Å². The Morgan fingerprint density at radius 2 is 1.81 bits per heavy atom. The zero-order valence-electron chi connectivity index (χ0n) is 11.4. The zero-order chi connectivity index (χ0) is 14.8. The van der Waals surface area contributed by atoms with Gasteiger partial charge >= 0.3 is 6.61 Å². The van der Waals surface area contributed by atoms with Gasteiger partial charge in [-0.1, -0.05) is 36.4 Å². The molecule has 0 fully saturated rings. The molecule has 0 amide bonds. The topological polar surface area (TPSA) is 29.5 Å². The van der Waals surface area contributed by atoms with E-state index in [2.05, 4.69) is 16.9 Å². The molecule has 2 atom stereocenters. The third-order valence-electron chi connectivity index (χ3n) is 3.96. The molecule has 2 aromatic rings. The van der Waals surface area contributed by atoms with E-state index in [0.717, 1.165) is 12.0 Å². The molecule has 4 heteroatoms. The van der Waals surface area contributed by atoms with Crippen LogP contribution in [0.25, 0.3) is 0 Å². The maximum Gasteiger partial charge on any atom is 0.387 e. The quantitative estimate of drug-likeness (QED) is 0.900. The van der Waals surface area contributed by atoms with Crippen LogP contribution < -0.4 is 4.74 Å². The van der Waals surface area contributed by atoms with Crippen molar-refractivity contribution in [3.63, 3.8) is 0 Å². The summed E-state index contributed by atoms with van der Waals surface area (Å²) < 4.78 is 28.4. The first-order chi connectivity index (χ1) is 10.1. The highest BCUT2D eigenvalue weighted by Gasteiger charge is 2.27. The molecule has 0 saturated carbocycles. The summed E-state index contributed by atoms with van der Waals surface area (Å²) in [6.07, 6.45) is 1.04. The second-order valence-corrected chi connectivity index (χ2v) is 5.30. The van der Waals surface area contributed by atoms with Gasteiger partial charge in [0.05, 0.1) is 6.10 Å². The molecule has 21 heavy (non-hydrogen) atoms. The molecule has 1 aliphatic carbocycles. The number of halogens is 2. The van der Waals surface area contributed by atoms with E-state index in [1.54, 1.807) is 12.1 Å². The third-order valence-corrected chi connectivity index (χ3v) is 3.96. The van der Waals surface area contributed by atoms with Crippen molar-refractivity contribution in [1.82, 2.24) is 0 Å². The van der Waals surface area contributed by atoms with Gasteiger partial charge in [0.2, 0.25) is 0 Å². The number of aliphatic hydroxyl groups excluding tert-OH is 1. The fraction of sp³-hybridized carbons (Fsp3) is 0.294. The van der Waals surface area contributed by atoms with Gasteiger partial charge in [-0.2, -0.15) is 8.78 Å². The first-order valence-corrected chi connectivity index (χ1v) is 6.94. The Morgan fingerprint density at radius 1 is 1.10 bits per heavy atom. The van der Waals surface area contributed by atoms with Gasteiger partial charge in [0.1, 0.15) is 5.75 Å². The molecular formula is C17H16F2O2. The number of hydrogen-bond donors (Lipinski definition) is 1. The first-order valence-electron chi connectivity index (χ1n) is 6.94. The fourth-order valence-electron chi connectivity index (χ4n) is 2.85. The summed E-state index contributed by atoms with van der Waals surface area (Å²) in [5, 5.41) is 10.3. The molecule has 2 aromatic carbocycles. The lowest BCUT2D eigenvalue weighted by Crippen LogP contribution is -2.19. The molecule has 1 N–H and O–H groups in total. The van der Waals surface area contributed by atoms with Crippen LogP contribution in [0.5, 0.6) is 5.75 Å². The summed E-state index contributed by atoms with van der Waals surface area (Å²) in [6.45, 7) is -2.83. The van der Waals surface area contributed by atoms with E-state index in [0.29, 0.717) is 12.3 Å². The fourth-order valence-corrected chi connectivity index (χ4v) is 2.85. The zero-order valence-corrected chi connectivity index (χ0v) is 11.4. The van der Waals surface area contributed by atoms with E-state index in [1.165, 1.54) is 23.3 Å². The van der Waals surface area contributed by atoms with E-state index >= 15 is 0 Å². The average Bonchev–Trinajstić information content (AvgIpc) is 2.45. The predicted molar refractivity (Wildman–Crippen MR) is 75.5 cm³/mol. The third kappa shape index (κ3) is 3.05. The van der Waals surface area contributed by atoms with Crippen molar-refractivity contribution < 1.29 is 18.6 Å². The standard InChI is InChI=1S/C17H16F2O2/c18-17(19)21-14-7-5-11(6-8-14)16(20)10-13-9-12-3-1-2-4-15(12)13/h1-8,13,16-17,20H,9-10H2. The van der Waals surface area contributed by atoms with Crippen molar-refractivity contribution in [2.24, 2.45) is 0 Å². The Hall–Kier alpha value is -1.94. The minimum absolute atomic E-state index is 0.106. The smallest absolute Gasteiger partial charge is 0.387 e. The van der Waals surface area contributed by atoms with Crippen molar-refractivity contribution in [3.05, 3.63) is 65.2 Å². The van der Waals surface area contributed by atoms with Crippen molar-refractivity contribution in [1.29, 1.82) is 0 Å². The number of alkyl halides is 2. The normalized spacial score (nSPS) is 18.0. The van der Waals surface area contributed by atoms with E-state index in [-0.39, 0.29) is 5.75 Å². The molecule has 0 aromatic heterocycles. The Kier molecular flexibility index (Phi) is 3.88. The summed E-state index contributed by atoms with van der Waals surface area (Å²) in [5.41, 5.74) is 3.37. The van der Waals surface area contributed by atoms with E-state index in [4.69, 9.17) is 0 Å². The van der Waals surface area contributed by atoms with Gasteiger partial charge in [-0.3, -0.25) is 0 Å². The molecule has 2 unspecified atom stereocenters. The highest BCUT2D eigenvalue weighted by Crippen LogP contribution is 2.40. The molecule has 0 saturated heterocycles. The second-order valence-electron chi connectivity index (χ2n) is 5.30. The van der Waals surface area contributed by atoms with Crippen LogP contribution in [-0.4, -0.2) is 11.7 Å². The van der Waals surface area contributed by atoms with Gasteiger partial charge in [0, 0.05) is 0 Å². The summed E-state index contributed by atoms with van der Waals surface area (Å²) >= 11 is 0. The number of benzene rings is 2. The van der Waals surface area contributed by atoms with Crippen LogP contribution in [-0.2, 0) is 6.42 Å². The van der Waals surface area contributed by atoms with E-state index in [9.17, 15) is 13.9 Å². The summed E-state index contributed by atoms with van der Waals surface area (Å²) in [6, 6.07) is 14.4. The number of rotatable bonds is 5. The van der Waals surface area contributed by atoms with E-state index in [1.807, 2.05) is 12.1 Å². The lowest BCUT2D eigenvalue weighted by molar-refractivity contribution is -0.0498. The van der Waals surface area contributed by atoms with Gasteiger partial charge in [-0.25, -0.2) is 0 Å². The SMILES string of the molecule is OC(CC1Cc2ccccc21)c1ccc(OC(F)F)cc1. The van der Waals surface area contributed by atoms with Gasteiger partial charge < -0.3 is 9.84 Å². The Balaban J connectivity index is 1.62. The molecule has 0 radical (unpaired) electrons. The lowest BCUT2D eigenvalue weighted by atomic mass is 9.74. The van der Waals surface area contributed by atoms with Crippen LogP contribution in [0.4, 0.5) is 8.78 Å². The van der Waals surface area contributed by atoms with Crippen LogP contribution in [0.2, 0.25) is 0 Å². The summed E-state index contributed by atoms with van der Waals surface area (Å²) in [7, 11) is 0. The number of aliphatic hydroxyl groups is 1. The average molecular weight is 290 g/mol. The van der Waals surface area contributed by atoms with Crippen molar-refractivity contribution in [3.8, 4) is 5.75 Å². The number of ether oxygens (including phenoxy) is 1. The minimum atomic E-state index is -2.83. The summed E-state index contributed by atoms with van der Waals surface area (Å²) in [4.78, 5) is 0. The molecular weight excluding hydrogens is 274 g/mol. The minimum Gasteiger partial charge on any atom is -0.435 e. The number of fused-ring (bicyclic) bond motifs is 1. The maximum atomic E-state index is 12.1. The molecule has 0 aliphatic heterocycles.